The molecule has 2 aromatic heterocycles. The molecule has 3 heterocycles. The third kappa shape index (κ3) is 7.67. The van der Waals surface area contributed by atoms with Gasteiger partial charge in [-0.25, -0.2) is 0 Å². The van der Waals surface area contributed by atoms with Crippen LogP contribution in [0.5, 0.6) is 0 Å². The van der Waals surface area contributed by atoms with Crippen molar-refractivity contribution in [2.75, 3.05) is 87.6 Å². The summed E-state index contributed by atoms with van der Waals surface area (Å²) in [6, 6.07) is 22.0. The summed E-state index contributed by atoms with van der Waals surface area (Å²) in [4.78, 5) is 31.9. The maximum Gasteiger partial charge on any atom is 0.233 e. The summed E-state index contributed by atoms with van der Waals surface area (Å²) in [6.07, 6.45) is 0. The lowest BCUT2D eigenvalue weighted by Gasteiger charge is -2.35. The molecule has 3 aromatic carbocycles. The second-order valence-electron chi connectivity index (χ2n) is 10.4. The number of piperazine rings is 1. The van der Waals surface area contributed by atoms with Crippen molar-refractivity contribution in [1.29, 1.82) is 0 Å². The second-order valence-corrected chi connectivity index (χ2v) is 10.4. The fraction of sp³-hybridized carbons (Fsp3) is 0.200. The van der Waals surface area contributed by atoms with E-state index in [1.54, 1.807) is 12.1 Å². The molecule has 0 spiro atoms. The summed E-state index contributed by atoms with van der Waals surface area (Å²) in [5.41, 5.74) is 22.0. The number of nitrogens with zero attached hydrogens (tertiary/aromatic N) is 8. The first-order valence-corrected chi connectivity index (χ1v) is 14.6. The predicted molar refractivity (Wildman–Crippen MR) is 182 cm³/mol. The van der Waals surface area contributed by atoms with Gasteiger partial charge in [-0.1, -0.05) is 18.2 Å². The zero-order chi connectivity index (χ0) is 31.9. The van der Waals surface area contributed by atoms with Crippen LogP contribution in [0.2, 0.25) is 0 Å². The number of hydrogen-bond acceptors (Lipinski definition) is 16. The third-order valence-corrected chi connectivity index (χ3v) is 6.92. The smallest absolute Gasteiger partial charge is 0.233 e. The van der Waals surface area contributed by atoms with Gasteiger partial charge in [0.2, 0.25) is 35.7 Å². The third-order valence-electron chi connectivity index (χ3n) is 6.92. The highest BCUT2D eigenvalue weighted by molar-refractivity contribution is 5.64. The van der Waals surface area contributed by atoms with Crippen molar-refractivity contribution in [2.24, 2.45) is 0 Å². The van der Waals surface area contributed by atoms with Crippen LogP contribution in [-0.4, -0.2) is 74.3 Å². The van der Waals surface area contributed by atoms with Gasteiger partial charge in [0.1, 0.15) is 0 Å². The quantitative estimate of drug-likeness (QED) is 0.0991. The molecule has 11 N–H and O–H groups in total. The number of benzene rings is 3. The minimum absolute atomic E-state index is 0.0629. The van der Waals surface area contributed by atoms with E-state index in [-0.39, 0.29) is 6.61 Å². The lowest BCUT2D eigenvalue weighted by atomic mass is 10.3. The zero-order valence-corrected chi connectivity index (χ0v) is 24.9. The Hall–Kier alpha value is -6.16. The largest absolute Gasteiger partial charge is 0.399 e. The monoisotopic (exact) mass is 621 g/mol. The molecule has 0 aliphatic carbocycles. The van der Waals surface area contributed by atoms with E-state index in [1.165, 1.54) is 0 Å². The lowest BCUT2D eigenvalue weighted by Crippen LogP contribution is -2.48. The number of anilines is 12. The normalized spacial score (nSPS) is 12.9. The number of aliphatic hydroxyl groups excluding tert-OH is 1. The fourth-order valence-electron chi connectivity index (χ4n) is 4.77. The highest BCUT2D eigenvalue weighted by Gasteiger charge is 2.24. The lowest BCUT2D eigenvalue weighted by molar-refractivity contribution is 0.311. The maximum atomic E-state index is 9.33. The van der Waals surface area contributed by atoms with Crippen molar-refractivity contribution in [2.45, 2.75) is 0 Å². The summed E-state index contributed by atoms with van der Waals surface area (Å²) in [7, 11) is 0. The molecule has 0 bridgehead atoms. The predicted octanol–water partition coefficient (Wildman–Crippen LogP) is 2.76. The van der Waals surface area contributed by atoms with Crippen molar-refractivity contribution >= 4 is 69.8 Å². The van der Waals surface area contributed by atoms with Gasteiger partial charge in [0.05, 0.1) is 6.61 Å². The summed E-state index contributed by atoms with van der Waals surface area (Å²) >= 11 is 0. The van der Waals surface area contributed by atoms with Gasteiger partial charge in [0.25, 0.3) is 0 Å². The molecule has 1 aliphatic heterocycles. The Morgan fingerprint density at radius 3 is 1.28 bits per heavy atom. The summed E-state index contributed by atoms with van der Waals surface area (Å²) in [5.74, 6) is 2.41. The van der Waals surface area contributed by atoms with Crippen molar-refractivity contribution in [1.82, 2.24) is 29.9 Å². The van der Waals surface area contributed by atoms with Crippen LogP contribution in [0.15, 0.2) is 72.8 Å². The number of rotatable bonds is 11. The topological polar surface area (TPSA) is 230 Å². The van der Waals surface area contributed by atoms with Gasteiger partial charge in [0.15, 0.2) is 0 Å². The molecule has 236 valence electrons. The molecule has 16 heteroatoms. The maximum absolute atomic E-state index is 9.33. The molecule has 6 rings (SSSR count). The molecule has 46 heavy (non-hydrogen) atoms. The number of nitrogens with one attached hydrogen (secondary N) is 4. The Morgan fingerprint density at radius 1 is 0.543 bits per heavy atom. The Morgan fingerprint density at radius 2 is 0.913 bits per heavy atom. The molecule has 0 radical (unpaired) electrons. The van der Waals surface area contributed by atoms with E-state index < -0.39 is 0 Å². The van der Waals surface area contributed by atoms with Crippen molar-refractivity contribution in [3.05, 3.63) is 72.8 Å². The van der Waals surface area contributed by atoms with Crippen LogP contribution in [-0.2, 0) is 0 Å². The van der Waals surface area contributed by atoms with Crippen LogP contribution in [0.3, 0.4) is 0 Å². The van der Waals surface area contributed by atoms with Crippen LogP contribution in [0, 0.1) is 0 Å². The van der Waals surface area contributed by atoms with Crippen LogP contribution in [0.4, 0.5) is 69.8 Å². The van der Waals surface area contributed by atoms with E-state index in [0.717, 1.165) is 17.1 Å². The van der Waals surface area contributed by atoms with Crippen LogP contribution in [0.25, 0.3) is 0 Å². The molecule has 0 atom stereocenters. The van der Waals surface area contributed by atoms with Gasteiger partial charge < -0.3 is 53.4 Å². The summed E-state index contributed by atoms with van der Waals surface area (Å²) in [6.45, 7) is 2.58. The van der Waals surface area contributed by atoms with Crippen molar-refractivity contribution in [3.8, 4) is 0 Å². The number of nitrogens with two attached hydrogens (primary N) is 3. The molecule has 1 saturated heterocycles. The van der Waals surface area contributed by atoms with Crippen molar-refractivity contribution < 1.29 is 5.11 Å². The van der Waals surface area contributed by atoms with E-state index in [9.17, 15) is 5.11 Å². The molecule has 1 fully saturated rings. The Kier molecular flexibility index (Phi) is 8.87. The van der Waals surface area contributed by atoms with Crippen LogP contribution in [0.1, 0.15) is 0 Å². The Labute approximate surface area is 265 Å². The van der Waals surface area contributed by atoms with Gasteiger partial charge in [-0.15, -0.1) is 0 Å². The minimum Gasteiger partial charge on any atom is -0.399 e. The van der Waals surface area contributed by atoms with E-state index in [2.05, 4.69) is 51.0 Å². The number of hydrogen-bond donors (Lipinski definition) is 8. The van der Waals surface area contributed by atoms with Crippen molar-refractivity contribution in [3.63, 3.8) is 0 Å². The van der Waals surface area contributed by atoms with Gasteiger partial charge in [-0.05, 0) is 54.6 Å². The molecule has 1 aliphatic rings. The van der Waals surface area contributed by atoms with Gasteiger partial charge in [-0.3, -0.25) is 0 Å². The molecule has 0 amide bonds. The molecular weight excluding hydrogens is 586 g/mol. The number of aromatic nitrogens is 6. The summed E-state index contributed by atoms with van der Waals surface area (Å²) in [5, 5.41) is 22.0. The van der Waals surface area contributed by atoms with E-state index >= 15 is 0 Å². The second kappa shape index (κ2) is 13.6. The Balaban J connectivity index is 1.22. The molecule has 0 saturated carbocycles. The van der Waals surface area contributed by atoms with E-state index in [0.29, 0.717) is 85.5 Å². The molecular formula is C30H35N15O. The first-order chi connectivity index (χ1) is 22.4. The summed E-state index contributed by atoms with van der Waals surface area (Å²) < 4.78 is 0. The van der Waals surface area contributed by atoms with Gasteiger partial charge in [-0.2, -0.15) is 29.9 Å². The molecule has 16 nitrogen and oxygen atoms in total. The molecule has 5 aromatic rings. The van der Waals surface area contributed by atoms with E-state index in [1.807, 2.05) is 60.7 Å². The van der Waals surface area contributed by atoms with Crippen LogP contribution >= 0.6 is 0 Å². The first-order valence-electron chi connectivity index (χ1n) is 14.6. The average Bonchev–Trinajstić information content (AvgIpc) is 3.04. The minimum atomic E-state index is -0.0629. The Bertz CT molecular complexity index is 1730. The van der Waals surface area contributed by atoms with Gasteiger partial charge >= 0.3 is 0 Å². The number of aliphatic hydroxyl groups is 1. The van der Waals surface area contributed by atoms with E-state index in [4.69, 9.17) is 27.2 Å². The highest BCUT2D eigenvalue weighted by atomic mass is 16.3. The first kappa shape index (κ1) is 29.9. The highest BCUT2D eigenvalue weighted by Crippen LogP contribution is 2.25. The SMILES string of the molecule is Nc1cccc(Nc2nc(NCCO)nc(N3CCN(c4nc(Nc5cccc(N)c5)nc(Nc5cccc(N)c5)n4)CC3)n2)c1. The average molecular weight is 622 g/mol. The fourth-order valence-corrected chi connectivity index (χ4v) is 4.77. The zero-order valence-electron chi connectivity index (χ0n) is 24.9. The standard InChI is InChI=1S/C30H35N15O/c31-19-4-1-7-22(16-19)35-26-38-25(34-10-15-46)40-29(41-26)44-11-13-45(14-12-44)30-42-27(36-23-8-2-5-20(32)17-23)39-28(43-30)37-24-9-3-6-21(33)18-24/h1-9,16-18,46H,10-15,31-33H2,(H2,34,35,38,40,41)(H2,36,37,39,42,43). The number of nitrogen functional groups attached to an aromatic ring is 3. The van der Waals surface area contributed by atoms with Crippen LogP contribution < -0.4 is 48.3 Å². The molecule has 0 unspecified atom stereocenters. The van der Waals surface area contributed by atoms with Gasteiger partial charge in [0, 0.05) is 66.8 Å².